The standard InChI is InChI=1S/C23H25ClF3N5O3S/c1-30-20-9-14(22(33)29-36(34,35)18-6-7-18)4-5-15(20)12-32(30)17-3-2-8-31(13-17)21-19(24)10-16(11-28-21)23(25,26)27/h4-5,9-11,17-18H,2-3,6-8,12-13H2,1H3,(H,29,33). The number of aromatic nitrogens is 1. The minimum atomic E-state index is -4.51. The van der Waals surface area contributed by atoms with Gasteiger partial charge in [-0.05, 0) is 49.4 Å². The fraction of sp³-hybridized carbons (Fsp3) is 0.478. The van der Waals surface area contributed by atoms with E-state index in [1.165, 1.54) is 0 Å². The van der Waals surface area contributed by atoms with Gasteiger partial charge in [-0.15, -0.1) is 0 Å². The minimum absolute atomic E-state index is 0.0313. The van der Waals surface area contributed by atoms with Crippen LogP contribution in [-0.2, 0) is 22.7 Å². The number of piperidine rings is 1. The van der Waals surface area contributed by atoms with E-state index < -0.39 is 32.9 Å². The number of nitrogens with zero attached hydrogens (tertiary/aromatic N) is 4. The molecule has 36 heavy (non-hydrogen) atoms. The average Bonchev–Trinajstić information content (AvgIpc) is 3.63. The van der Waals surface area contributed by atoms with Crippen molar-refractivity contribution >= 4 is 39.0 Å². The number of pyridine rings is 1. The molecule has 0 bridgehead atoms. The van der Waals surface area contributed by atoms with E-state index in [9.17, 15) is 26.4 Å². The maximum atomic E-state index is 13.0. The van der Waals surface area contributed by atoms with E-state index >= 15 is 0 Å². The molecule has 0 radical (unpaired) electrons. The second-order valence-corrected chi connectivity index (χ2v) is 11.8. The Hall–Kier alpha value is -2.57. The van der Waals surface area contributed by atoms with Crippen LogP contribution in [0.3, 0.4) is 0 Å². The van der Waals surface area contributed by atoms with Crippen molar-refractivity contribution in [3.05, 3.63) is 52.2 Å². The molecule has 3 aliphatic rings. The van der Waals surface area contributed by atoms with Crippen LogP contribution in [0.2, 0.25) is 5.02 Å². The number of hydrogen-bond acceptors (Lipinski definition) is 7. The summed E-state index contributed by atoms with van der Waals surface area (Å²) in [6, 6.07) is 6.05. The summed E-state index contributed by atoms with van der Waals surface area (Å²) in [5.74, 6) is -0.326. The molecule has 1 atom stereocenters. The van der Waals surface area contributed by atoms with Crippen molar-refractivity contribution in [3.63, 3.8) is 0 Å². The summed E-state index contributed by atoms with van der Waals surface area (Å²) in [7, 11) is -1.77. The number of anilines is 2. The Morgan fingerprint density at radius 1 is 1.19 bits per heavy atom. The molecule has 8 nitrogen and oxygen atoms in total. The van der Waals surface area contributed by atoms with Crippen molar-refractivity contribution < 1.29 is 26.4 Å². The molecule has 13 heteroatoms. The number of hydrazine groups is 1. The predicted octanol–water partition coefficient (Wildman–Crippen LogP) is 3.81. The summed E-state index contributed by atoms with van der Waals surface area (Å²) in [4.78, 5) is 18.5. The number of halogens is 4. The van der Waals surface area contributed by atoms with Crippen LogP contribution in [0, 0.1) is 0 Å². The van der Waals surface area contributed by atoms with E-state index in [-0.39, 0.29) is 16.6 Å². The smallest absolute Gasteiger partial charge is 0.354 e. The first kappa shape index (κ1) is 25.1. The van der Waals surface area contributed by atoms with Crippen molar-refractivity contribution in [3.8, 4) is 0 Å². The Morgan fingerprint density at radius 2 is 1.94 bits per heavy atom. The van der Waals surface area contributed by atoms with Gasteiger partial charge < -0.3 is 9.91 Å². The number of carbonyl (C=O) groups excluding carboxylic acids is 1. The molecule has 1 aromatic heterocycles. The summed E-state index contributed by atoms with van der Waals surface area (Å²) in [5.41, 5.74) is 1.16. The largest absolute Gasteiger partial charge is 0.417 e. The van der Waals surface area contributed by atoms with Gasteiger partial charge in [0.15, 0.2) is 0 Å². The van der Waals surface area contributed by atoms with Crippen LogP contribution in [0.5, 0.6) is 0 Å². The van der Waals surface area contributed by atoms with Crippen molar-refractivity contribution in [2.75, 3.05) is 30.0 Å². The lowest BCUT2D eigenvalue weighted by atomic mass is 10.0. The lowest BCUT2D eigenvalue weighted by molar-refractivity contribution is -0.137. The molecule has 194 valence electrons. The van der Waals surface area contributed by atoms with Crippen LogP contribution in [0.25, 0.3) is 0 Å². The third kappa shape index (κ3) is 4.85. The van der Waals surface area contributed by atoms with E-state index in [0.29, 0.717) is 38.3 Å². The maximum Gasteiger partial charge on any atom is 0.417 e. The van der Waals surface area contributed by atoms with Gasteiger partial charge in [0.1, 0.15) is 5.82 Å². The van der Waals surface area contributed by atoms with Gasteiger partial charge in [-0.2, -0.15) is 13.2 Å². The number of fused-ring (bicyclic) bond motifs is 1. The normalized spacial score (nSPS) is 21.0. The quantitative estimate of drug-likeness (QED) is 0.614. The Labute approximate surface area is 212 Å². The molecule has 1 amide bonds. The second kappa shape index (κ2) is 9.07. The van der Waals surface area contributed by atoms with Crippen LogP contribution in [-0.4, -0.2) is 55.7 Å². The zero-order valence-electron chi connectivity index (χ0n) is 19.4. The van der Waals surface area contributed by atoms with Gasteiger partial charge in [0.05, 0.1) is 21.5 Å². The molecule has 1 aliphatic carbocycles. The highest BCUT2D eigenvalue weighted by atomic mass is 35.5. The first-order chi connectivity index (χ1) is 16.9. The van der Waals surface area contributed by atoms with Crippen molar-refractivity contribution in [2.45, 2.75) is 49.7 Å². The molecule has 5 rings (SSSR count). The summed E-state index contributed by atoms with van der Waals surface area (Å²) in [6.45, 7) is 1.73. The minimum Gasteiger partial charge on any atom is -0.354 e. The molecular formula is C23H25ClF3N5O3S. The lowest BCUT2D eigenvalue weighted by Gasteiger charge is -2.41. The molecule has 3 heterocycles. The van der Waals surface area contributed by atoms with E-state index in [4.69, 9.17) is 11.6 Å². The molecule has 2 aliphatic heterocycles. The van der Waals surface area contributed by atoms with Crippen LogP contribution in [0.15, 0.2) is 30.5 Å². The summed E-state index contributed by atoms with van der Waals surface area (Å²) in [5, 5.41) is 3.55. The van der Waals surface area contributed by atoms with Gasteiger partial charge in [0, 0.05) is 44.5 Å². The van der Waals surface area contributed by atoms with E-state index in [2.05, 4.69) is 14.7 Å². The monoisotopic (exact) mass is 543 g/mol. The highest BCUT2D eigenvalue weighted by molar-refractivity contribution is 7.91. The first-order valence-electron chi connectivity index (χ1n) is 11.6. The van der Waals surface area contributed by atoms with Crippen LogP contribution >= 0.6 is 11.6 Å². The Balaban J connectivity index is 1.30. The lowest BCUT2D eigenvalue weighted by Crippen LogP contribution is -2.51. The van der Waals surface area contributed by atoms with Crippen molar-refractivity contribution in [1.82, 2.24) is 14.7 Å². The van der Waals surface area contributed by atoms with E-state index in [1.54, 1.807) is 12.1 Å². The number of alkyl halides is 3. The zero-order valence-corrected chi connectivity index (χ0v) is 21.0. The fourth-order valence-electron chi connectivity index (χ4n) is 4.79. The third-order valence-electron chi connectivity index (χ3n) is 6.88. The topological polar surface area (TPSA) is 85.8 Å². The maximum absolute atomic E-state index is 13.0. The Kier molecular flexibility index (Phi) is 6.32. The van der Waals surface area contributed by atoms with E-state index in [0.717, 1.165) is 36.4 Å². The Morgan fingerprint density at radius 3 is 2.61 bits per heavy atom. The highest BCUT2D eigenvalue weighted by Crippen LogP contribution is 2.37. The molecule has 2 fully saturated rings. The molecule has 0 spiro atoms. The van der Waals surface area contributed by atoms with Gasteiger partial charge in [-0.25, -0.2) is 23.1 Å². The molecular weight excluding hydrogens is 519 g/mol. The summed E-state index contributed by atoms with van der Waals surface area (Å²) in [6.07, 6.45) is -0.913. The van der Waals surface area contributed by atoms with Gasteiger partial charge in [0.25, 0.3) is 5.91 Å². The number of rotatable bonds is 5. The first-order valence-corrected chi connectivity index (χ1v) is 13.5. The summed E-state index contributed by atoms with van der Waals surface area (Å²) >= 11 is 6.19. The van der Waals surface area contributed by atoms with Crippen LogP contribution < -0.4 is 14.6 Å². The number of amides is 1. The van der Waals surface area contributed by atoms with Gasteiger partial charge in [-0.1, -0.05) is 17.7 Å². The predicted molar refractivity (Wildman–Crippen MR) is 129 cm³/mol. The highest BCUT2D eigenvalue weighted by Gasteiger charge is 2.38. The Bertz CT molecular complexity index is 1300. The number of nitrogens with one attached hydrogen (secondary N) is 1. The second-order valence-electron chi connectivity index (χ2n) is 9.41. The fourth-order valence-corrected chi connectivity index (χ4v) is 6.38. The number of benzene rings is 1. The molecule has 1 saturated heterocycles. The molecule has 1 unspecified atom stereocenters. The third-order valence-corrected chi connectivity index (χ3v) is 8.98. The summed E-state index contributed by atoms with van der Waals surface area (Å²) < 4.78 is 65.5. The number of carbonyl (C=O) groups is 1. The average molecular weight is 544 g/mol. The molecule has 1 saturated carbocycles. The number of sulfonamides is 1. The zero-order chi connectivity index (χ0) is 25.8. The van der Waals surface area contributed by atoms with Gasteiger partial charge >= 0.3 is 6.18 Å². The molecule has 1 N–H and O–H groups in total. The van der Waals surface area contributed by atoms with E-state index in [1.807, 2.05) is 23.0 Å². The van der Waals surface area contributed by atoms with Gasteiger partial charge in [-0.3, -0.25) is 4.79 Å². The van der Waals surface area contributed by atoms with Crippen LogP contribution in [0.1, 0.15) is 47.2 Å². The van der Waals surface area contributed by atoms with Gasteiger partial charge in [0.2, 0.25) is 10.0 Å². The molecule has 2 aromatic rings. The van der Waals surface area contributed by atoms with Crippen LogP contribution in [0.4, 0.5) is 24.7 Å². The van der Waals surface area contributed by atoms with Crippen molar-refractivity contribution in [1.29, 1.82) is 0 Å². The number of hydrogen-bond donors (Lipinski definition) is 1. The SMILES string of the molecule is CN1c2cc(C(=O)NS(=O)(=O)C3CC3)ccc2CN1C1CCCN(c2ncc(C(F)(F)F)cc2Cl)C1. The van der Waals surface area contributed by atoms with Crippen molar-refractivity contribution in [2.24, 2.45) is 0 Å². The molecule has 1 aromatic carbocycles.